The minimum absolute atomic E-state index is 0.00151. The van der Waals surface area contributed by atoms with E-state index in [1.807, 2.05) is 0 Å². The molecule has 0 bridgehead atoms. The molecule has 0 aliphatic heterocycles. The van der Waals surface area contributed by atoms with E-state index in [2.05, 4.69) is 25.3 Å². The maximum atomic E-state index is 15.4. The fraction of sp³-hybridized carbons (Fsp3) is 0.138. The Labute approximate surface area is 235 Å². The Balaban J connectivity index is 1.26. The van der Waals surface area contributed by atoms with Crippen LogP contribution in [0.25, 0.3) is 22.8 Å². The fourth-order valence-electron chi connectivity index (χ4n) is 4.33. The van der Waals surface area contributed by atoms with Crippen molar-refractivity contribution in [1.29, 1.82) is 0 Å². The van der Waals surface area contributed by atoms with Gasteiger partial charge in [0.2, 0.25) is 23.4 Å². The molecule has 0 amide bonds. The Kier molecular flexibility index (Phi) is 7.13. The Morgan fingerprint density at radius 2 is 1.83 bits per heavy atom. The number of aromatic amines is 1. The summed E-state index contributed by atoms with van der Waals surface area (Å²) in [6.45, 7) is 1.74. The topological polar surface area (TPSA) is 125 Å². The zero-order chi connectivity index (χ0) is 29.2. The van der Waals surface area contributed by atoms with Crippen molar-refractivity contribution >= 4 is 0 Å². The fourth-order valence-corrected chi connectivity index (χ4v) is 4.33. The Morgan fingerprint density at radius 3 is 2.60 bits per heavy atom. The monoisotopic (exact) mass is 574 g/mol. The number of halogens is 3. The maximum Gasteiger partial charge on any atom is 0.280 e. The van der Waals surface area contributed by atoms with E-state index in [9.17, 15) is 9.18 Å². The Morgan fingerprint density at radius 1 is 0.976 bits per heavy atom. The molecule has 0 spiro atoms. The van der Waals surface area contributed by atoms with Gasteiger partial charge in [-0.2, -0.15) is 5.16 Å². The van der Waals surface area contributed by atoms with E-state index in [-0.39, 0.29) is 59.7 Å². The summed E-state index contributed by atoms with van der Waals surface area (Å²) in [5.74, 6) is -0.893. The van der Waals surface area contributed by atoms with Crippen molar-refractivity contribution in [2.45, 2.75) is 26.5 Å². The van der Waals surface area contributed by atoms with Crippen LogP contribution in [0.1, 0.15) is 28.4 Å². The van der Waals surface area contributed by atoms with E-state index < -0.39 is 23.0 Å². The van der Waals surface area contributed by atoms with E-state index in [4.69, 9.17) is 13.7 Å². The number of hydrogen-bond donors (Lipinski definition) is 1. The van der Waals surface area contributed by atoms with Gasteiger partial charge in [0.15, 0.2) is 0 Å². The van der Waals surface area contributed by atoms with Gasteiger partial charge >= 0.3 is 0 Å². The molecule has 0 fully saturated rings. The molecule has 4 heterocycles. The van der Waals surface area contributed by atoms with Crippen LogP contribution in [0.4, 0.5) is 13.2 Å². The minimum Gasteiger partial charge on any atom is -0.473 e. The van der Waals surface area contributed by atoms with Crippen LogP contribution >= 0.6 is 0 Å². The highest BCUT2D eigenvalue weighted by Gasteiger charge is 2.21. The average molecular weight is 575 g/mol. The molecule has 0 saturated heterocycles. The molecule has 0 atom stereocenters. The van der Waals surface area contributed by atoms with Crippen LogP contribution in [-0.2, 0) is 19.6 Å². The van der Waals surface area contributed by atoms with Crippen molar-refractivity contribution in [3.8, 4) is 28.7 Å². The molecular formula is C29H21F3N6O4. The highest BCUT2D eigenvalue weighted by atomic mass is 19.1. The second-order valence-electron chi connectivity index (χ2n) is 9.37. The van der Waals surface area contributed by atoms with Gasteiger partial charge in [-0.1, -0.05) is 18.2 Å². The smallest absolute Gasteiger partial charge is 0.280 e. The van der Waals surface area contributed by atoms with Crippen LogP contribution < -0.4 is 10.3 Å². The SMILES string of the molecule is Cc1ccc(COc2cccc(-c3cc(F)c(Cc4nnc(-c5cc(=O)[nH]o5)n4Cc4ncco4)cc3F)n2)c(F)c1. The number of aryl methyl sites for hydroxylation is 1. The van der Waals surface area contributed by atoms with Crippen molar-refractivity contribution in [3.05, 3.63) is 123 Å². The van der Waals surface area contributed by atoms with Gasteiger partial charge in [-0.3, -0.25) is 9.36 Å². The van der Waals surface area contributed by atoms with Gasteiger partial charge in [0.05, 0.1) is 18.0 Å². The van der Waals surface area contributed by atoms with Gasteiger partial charge in [0, 0.05) is 23.6 Å². The van der Waals surface area contributed by atoms with Crippen LogP contribution in [0.2, 0.25) is 0 Å². The largest absolute Gasteiger partial charge is 0.473 e. The average Bonchev–Trinajstić information content (AvgIpc) is 3.73. The number of nitrogens with one attached hydrogen (secondary N) is 1. The summed E-state index contributed by atoms with van der Waals surface area (Å²) in [5, 5.41) is 10.4. The molecule has 6 rings (SSSR count). The van der Waals surface area contributed by atoms with Gasteiger partial charge in [-0.25, -0.2) is 23.1 Å². The minimum atomic E-state index is -0.726. The third-order valence-corrected chi connectivity index (χ3v) is 6.42. The van der Waals surface area contributed by atoms with Gasteiger partial charge in [-0.15, -0.1) is 10.2 Å². The van der Waals surface area contributed by atoms with Gasteiger partial charge < -0.3 is 13.7 Å². The van der Waals surface area contributed by atoms with E-state index in [1.54, 1.807) is 31.2 Å². The first-order chi connectivity index (χ1) is 20.3. The Bertz CT molecular complexity index is 1930. The molecule has 0 aliphatic carbocycles. The molecule has 0 unspecified atom stereocenters. The second-order valence-corrected chi connectivity index (χ2v) is 9.37. The zero-order valence-electron chi connectivity index (χ0n) is 22.0. The van der Waals surface area contributed by atoms with E-state index >= 15 is 8.78 Å². The van der Waals surface area contributed by atoms with Crippen LogP contribution in [0, 0.1) is 24.4 Å². The zero-order valence-corrected chi connectivity index (χ0v) is 22.0. The molecule has 0 aliphatic rings. The lowest BCUT2D eigenvalue weighted by Crippen LogP contribution is -2.09. The van der Waals surface area contributed by atoms with Crippen molar-refractivity contribution in [2.75, 3.05) is 0 Å². The maximum absolute atomic E-state index is 15.4. The van der Waals surface area contributed by atoms with Gasteiger partial charge in [0.25, 0.3) is 5.56 Å². The lowest BCUT2D eigenvalue weighted by molar-refractivity contribution is 0.288. The summed E-state index contributed by atoms with van der Waals surface area (Å²) in [7, 11) is 0. The van der Waals surface area contributed by atoms with Crippen molar-refractivity contribution in [1.82, 2.24) is 29.9 Å². The molecule has 0 radical (unpaired) electrons. The lowest BCUT2D eigenvalue weighted by atomic mass is 10.0. The normalized spacial score (nSPS) is 11.2. The van der Waals surface area contributed by atoms with Crippen LogP contribution in [0.15, 0.2) is 80.8 Å². The van der Waals surface area contributed by atoms with Crippen molar-refractivity contribution < 1.29 is 26.8 Å². The predicted octanol–water partition coefficient (Wildman–Crippen LogP) is 5.22. The van der Waals surface area contributed by atoms with Crippen LogP contribution in [0.5, 0.6) is 5.88 Å². The third kappa shape index (κ3) is 5.57. The van der Waals surface area contributed by atoms with Crippen LogP contribution in [0.3, 0.4) is 0 Å². The van der Waals surface area contributed by atoms with E-state index in [0.717, 1.165) is 17.7 Å². The summed E-state index contributed by atoms with van der Waals surface area (Å²) < 4.78 is 62.5. The Hall–Kier alpha value is -5.46. The molecular weight excluding hydrogens is 553 g/mol. The number of nitrogens with zero attached hydrogens (tertiary/aromatic N) is 5. The highest BCUT2D eigenvalue weighted by molar-refractivity contribution is 5.61. The molecule has 2 aromatic carbocycles. The van der Waals surface area contributed by atoms with Crippen LogP contribution in [-0.4, -0.2) is 29.9 Å². The number of H-pyrrole nitrogens is 1. The summed E-state index contributed by atoms with van der Waals surface area (Å²) in [6, 6.07) is 12.7. The second kappa shape index (κ2) is 11.2. The summed E-state index contributed by atoms with van der Waals surface area (Å²) in [5.41, 5.74) is 0.692. The van der Waals surface area contributed by atoms with Gasteiger partial charge in [-0.05, 0) is 42.3 Å². The standard InChI is InChI=1S/C29H21F3N6O4/c1-16-5-6-17(20(30)9-16)15-41-27-4-2-3-23(34-27)19-12-21(31)18(10-22(19)32)11-25-35-36-29(24-13-26(39)37-42-24)38(25)14-28-33-7-8-40-28/h2-10,12-13H,11,14-15H2,1H3,(H,37,39). The molecule has 13 heteroatoms. The van der Waals surface area contributed by atoms with E-state index in [1.165, 1.54) is 35.2 Å². The first-order valence-electron chi connectivity index (χ1n) is 12.7. The van der Waals surface area contributed by atoms with E-state index in [0.29, 0.717) is 11.5 Å². The number of hydrogen-bond acceptors (Lipinski definition) is 8. The first-order valence-corrected chi connectivity index (χ1v) is 12.7. The highest BCUT2D eigenvalue weighted by Crippen LogP contribution is 2.28. The number of oxazole rings is 1. The number of rotatable bonds is 9. The third-order valence-electron chi connectivity index (χ3n) is 6.42. The molecule has 42 heavy (non-hydrogen) atoms. The van der Waals surface area contributed by atoms with Gasteiger partial charge in [0.1, 0.15) is 42.7 Å². The number of aromatic nitrogens is 6. The summed E-state index contributed by atoms with van der Waals surface area (Å²) in [4.78, 5) is 20.0. The molecule has 0 saturated carbocycles. The first kappa shape index (κ1) is 26.7. The quantitative estimate of drug-likeness (QED) is 0.249. The van der Waals surface area contributed by atoms with Crippen molar-refractivity contribution in [3.63, 3.8) is 0 Å². The lowest BCUT2D eigenvalue weighted by Gasteiger charge is -2.11. The van der Waals surface area contributed by atoms with Crippen molar-refractivity contribution in [2.24, 2.45) is 0 Å². The number of benzene rings is 2. The summed E-state index contributed by atoms with van der Waals surface area (Å²) in [6.07, 6.45) is 2.69. The number of ether oxygens (including phenoxy) is 1. The predicted molar refractivity (Wildman–Crippen MR) is 142 cm³/mol. The number of pyridine rings is 1. The molecule has 212 valence electrons. The molecule has 4 aromatic heterocycles. The molecule has 10 nitrogen and oxygen atoms in total. The molecule has 6 aromatic rings. The summed E-state index contributed by atoms with van der Waals surface area (Å²) >= 11 is 0. The molecule has 1 N–H and O–H groups in total.